The second-order valence-corrected chi connectivity index (χ2v) is 5.25. The predicted octanol–water partition coefficient (Wildman–Crippen LogP) is 0.981. The molecule has 2 unspecified atom stereocenters. The molecule has 0 heterocycles. The van der Waals surface area contributed by atoms with Crippen LogP contribution in [0.15, 0.2) is 0 Å². The number of hydrogen-bond acceptors (Lipinski definition) is 3. The van der Waals surface area contributed by atoms with Gasteiger partial charge >= 0.3 is 0 Å². The molecule has 8 heavy (non-hydrogen) atoms. The normalized spacial score (nSPS) is 21.9. The van der Waals surface area contributed by atoms with E-state index in [2.05, 4.69) is 12.6 Å². The van der Waals surface area contributed by atoms with Crippen molar-refractivity contribution in [1.29, 1.82) is 4.78 Å². The summed E-state index contributed by atoms with van der Waals surface area (Å²) in [6.07, 6.45) is 1.43. The average Bonchev–Trinajstić information content (AvgIpc) is 1.21. The van der Waals surface area contributed by atoms with E-state index in [9.17, 15) is 4.21 Å². The summed E-state index contributed by atoms with van der Waals surface area (Å²) >= 11 is 3.99. The minimum Gasteiger partial charge on any atom is -0.253 e. The number of rotatable bonds is 2. The van der Waals surface area contributed by atoms with Crippen molar-refractivity contribution >= 4 is 22.4 Å². The van der Waals surface area contributed by atoms with Gasteiger partial charge in [-0.15, -0.1) is 0 Å². The Balaban J connectivity index is 3.75. The third-order valence-electron chi connectivity index (χ3n) is 0.559. The Bertz CT molecular complexity index is 147. The van der Waals surface area contributed by atoms with Gasteiger partial charge in [-0.05, 0) is 0 Å². The Labute approximate surface area is 56.1 Å². The van der Waals surface area contributed by atoms with Crippen molar-refractivity contribution < 1.29 is 4.21 Å². The topological polar surface area (TPSA) is 40.9 Å². The Morgan fingerprint density at radius 3 is 2.25 bits per heavy atom. The lowest BCUT2D eigenvalue weighted by Crippen LogP contribution is -2.09. The molecular formula is C4H11NOS2. The lowest BCUT2D eigenvalue weighted by molar-refractivity contribution is 0.678. The predicted molar refractivity (Wildman–Crippen MR) is 40.1 cm³/mol. The van der Waals surface area contributed by atoms with Crippen molar-refractivity contribution in [3.63, 3.8) is 0 Å². The quantitative estimate of drug-likeness (QED) is 0.570. The van der Waals surface area contributed by atoms with Gasteiger partial charge in [-0.25, -0.2) is 0 Å². The summed E-state index contributed by atoms with van der Waals surface area (Å²) < 4.78 is 17.6. The highest BCUT2D eigenvalue weighted by Gasteiger charge is 2.00. The maximum Gasteiger partial charge on any atom is 0.0426 e. The highest BCUT2D eigenvalue weighted by molar-refractivity contribution is 7.92. The van der Waals surface area contributed by atoms with Crippen LogP contribution in [0.4, 0.5) is 0 Å². The summed E-state index contributed by atoms with van der Waals surface area (Å²) in [6, 6.07) is 0. The van der Waals surface area contributed by atoms with Crippen molar-refractivity contribution in [3.05, 3.63) is 0 Å². The smallest absolute Gasteiger partial charge is 0.0426 e. The van der Waals surface area contributed by atoms with Crippen LogP contribution in [0, 0.1) is 4.78 Å². The van der Waals surface area contributed by atoms with E-state index in [1.54, 1.807) is 0 Å². The molecule has 0 saturated carbocycles. The number of nitrogens with one attached hydrogen (secondary N) is 1. The number of thiol groups is 1. The maximum atomic E-state index is 10.6. The van der Waals surface area contributed by atoms with E-state index in [4.69, 9.17) is 4.78 Å². The van der Waals surface area contributed by atoms with Crippen LogP contribution < -0.4 is 0 Å². The van der Waals surface area contributed by atoms with E-state index in [1.807, 2.05) is 6.92 Å². The van der Waals surface area contributed by atoms with Crippen LogP contribution in [0.2, 0.25) is 0 Å². The minimum absolute atomic E-state index is 0.0741. The van der Waals surface area contributed by atoms with Crippen LogP contribution in [0.25, 0.3) is 0 Å². The molecule has 2 nitrogen and oxygen atoms in total. The van der Waals surface area contributed by atoms with E-state index in [0.29, 0.717) is 5.75 Å². The minimum atomic E-state index is -2.30. The zero-order valence-corrected chi connectivity index (χ0v) is 6.76. The van der Waals surface area contributed by atoms with Gasteiger partial charge < -0.3 is 0 Å². The van der Waals surface area contributed by atoms with Gasteiger partial charge in [0.05, 0.1) is 0 Å². The molecule has 0 amide bonds. The van der Waals surface area contributed by atoms with E-state index in [1.165, 1.54) is 6.26 Å². The SMILES string of the molecule is CC(S)CS(C)(=N)=O. The summed E-state index contributed by atoms with van der Waals surface area (Å²) in [7, 11) is -2.30. The first-order chi connectivity index (χ1) is 3.42. The second-order valence-electron chi connectivity index (χ2n) is 2.02. The molecule has 1 N–H and O–H groups in total. The molecule has 4 heteroatoms. The van der Waals surface area contributed by atoms with Gasteiger partial charge in [-0.2, -0.15) is 12.6 Å². The zero-order valence-electron chi connectivity index (χ0n) is 5.05. The van der Waals surface area contributed by atoms with Crippen molar-refractivity contribution in [2.24, 2.45) is 0 Å². The van der Waals surface area contributed by atoms with Crippen LogP contribution in [-0.4, -0.2) is 21.5 Å². The van der Waals surface area contributed by atoms with Crippen molar-refractivity contribution in [2.45, 2.75) is 12.2 Å². The standard InChI is InChI=1S/C4H11NOS2/c1-4(7)3-8(2,5)6/h4-5,7H,3H2,1-2H3. The molecular weight excluding hydrogens is 142 g/mol. The Morgan fingerprint density at radius 1 is 1.88 bits per heavy atom. The van der Waals surface area contributed by atoms with E-state index < -0.39 is 9.73 Å². The molecule has 0 aromatic carbocycles. The summed E-state index contributed by atoms with van der Waals surface area (Å²) in [5.41, 5.74) is 0. The Hall–Kier alpha value is 0.300. The molecule has 0 bridgehead atoms. The zero-order chi connectivity index (χ0) is 6.78. The molecule has 0 aliphatic rings. The first-order valence-corrected chi connectivity index (χ1v) is 4.96. The van der Waals surface area contributed by atoms with Gasteiger partial charge in [0, 0.05) is 27.0 Å². The van der Waals surface area contributed by atoms with Gasteiger partial charge in [0.2, 0.25) is 0 Å². The molecule has 0 aliphatic carbocycles. The van der Waals surface area contributed by atoms with E-state index >= 15 is 0 Å². The highest BCUT2D eigenvalue weighted by Crippen LogP contribution is 1.96. The lowest BCUT2D eigenvalue weighted by atomic mass is 10.6. The molecule has 0 saturated heterocycles. The first kappa shape index (κ1) is 8.30. The lowest BCUT2D eigenvalue weighted by Gasteiger charge is -2.01. The molecule has 50 valence electrons. The third-order valence-corrected chi connectivity index (χ3v) is 2.12. The van der Waals surface area contributed by atoms with E-state index in [0.717, 1.165) is 0 Å². The van der Waals surface area contributed by atoms with Crippen LogP contribution in [-0.2, 0) is 9.73 Å². The largest absolute Gasteiger partial charge is 0.253 e. The Kier molecular flexibility index (Phi) is 2.83. The van der Waals surface area contributed by atoms with Gasteiger partial charge in [-0.1, -0.05) is 6.92 Å². The van der Waals surface area contributed by atoms with Crippen molar-refractivity contribution in [1.82, 2.24) is 0 Å². The summed E-state index contributed by atoms with van der Waals surface area (Å²) in [5.74, 6) is 0.385. The van der Waals surface area contributed by atoms with Gasteiger partial charge in [0.25, 0.3) is 0 Å². The summed E-state index contributed by atoms with van der Waals surface area (Å²) in [5, 5.41) is 0.0741. The highest BCUT2D eigenvalue weighted by atomic mass is 32.2. The van der Waals surface area contributed by atoms with E-state index in [-0.39, 0.29) is 5.25 Å². The van der Waals surface area contributed by atoms with Crippen molar-refractivity contribution in [3.8, 4) is 0 Å². The van der Waals surface area contributed by atoms with Crippen LogP contribution in [0.1, 0.15) is 6.92 Å². The Morgan fingerprint density at radius 2 is 2.25 bits per heavy atom. The van der Waals surface area contributed by atoms with Crippen LogP contribution >= 0.6 is 12.6 Å². The molecule has 0 aromatic rings. The van der Waals surface area contributed by atoms with Gasteiger partial charge in [-0.3, -0.25) is 8.99 Å². The fraction of sp³-hybridized carbons (Fsp3) is 1.00. The van der Waals surface area contributed by atoms with Crippen molar-refractivity contribution in [2.75, 3.05) is 12.0 Å². The van der Waals surface area contributed by atoms with Crippen LogP contribution in [0.5, 0.6) is 0 Å². The average molecular weight is 153 g/mol. The molecule has 2 atom stereocenters. The molecule has 0 rings (SSSR count). The molecule has 0 spiro atoms. The molecule has 0 fully saturated rings. The van der Waals surface area contributed by atoms with Gasteiger partial charge in [0.15, 0.2) is 0 Å². The molecule has 0 aromatic heterocycles. The fourth-order valence-corrected chi connectivity index (χ4v) is 2.23. The second kappa shape index (κ2) is 2.73. The molecule has 0 aliphatic heterocycles. The van der Waals surface area contributed by atoms with Crippen LogP contribution in [0.3, 0.4) is 0 Å². The molecule has 0 radical (unpaired) electrons. The number of hydrogen-bond donors (Lipinski definition) is 2. The first-order valence-electron chi connectivity index (χ1n) is 2.31. The summed E-state index contributed by atoms with van der Waals surface area (Å²) in [6.45, 7) is 1.83. The monoisotopic (exact) mass is 153 g/mol. The maximum absolute atomic E-state index is 10.6. The third kappa shape index (κ3) is 6.30. The summed E-state index contributed by atoms with van der Waals surface area (Å²) in [4.78, 5) is 0. The van der Waals surface area contributed by atoms with Gasteiger partial charge in [0.1, 0.15) is 0 Å². The fourth-order valence-electron chi connectivity index (χ4n) is 0.460.